The summed E-state index contributed by atoms with van der Waals surface area (Å²) >= 11 is 0. The number of hydrogen-bond donors (Lipinski definition) is 1. The van der Waals surface area contributed by atoms with Crippen molar-refractivity contribution < 1.29 is 4.79 Å². The molecule has 3 rings (SSSR count). The fourth-order valence-corrected chi connectivity index (χ4v) is 2.92. The molecular weight excluding hydrogens is 278 g/mol. The van der Waals surface area contributed by atoms with Crippen molar-refractivity contribution in [2.45, 2.75) is 45.2 Å². The molecule has 1 aromatic carbocycles. The maximum atomic E-state index is 12.1. The first-order chi connectivity index (χ1) is 10.7. The number of nitrogens with one attached hydrogen (secondary N) is 1. The normalized spacial score (nSPS) is 21.5. The lowest BCUT2D eigenvalue weighted by Crippen LogP contribution is -2.42. The molecule has 1 fully saturated rings. The van der Waals surface area contributed by atoms with E-state index in [2.05, 4.69) is 27.7 Å². The first-order valence-electron chi connectivity index (χ1n) is 7.85. The SMILES string of the molecule is CC1CCCCC1NC(=O)Cn1nnc(-c2ccccc2)n1. The lowest BCUT2D eigenvalue weighted by Gasteiger charge is -2.29. The summed E-state index contributed by atoms with van der Waals surface area (Å²) in [7, 11) is 0. The molecule has 2 aromatic rings. The van der Waals surface area contributed by atoms with E-state index in [0.717, 1.165) is 12.0 Å². The second-order valence-electron chi connectivity index (χ2n) is 5.95. The summed E-state index contributed by atoms with van der Waals surface area (Å²) in [5.41, 5.74) is 0.898. The fourth-order valence-electron chi connectivity index (χ4n) is 2.92. The molecule has 0 spiro atoms. The number of tetrazole rings is 1. The number of aromatic nitrogens is 4. The Hall–Kier alpha value is -2.24. The molecular formula is C16H21N5O. The van der Waals surface area contributed by atoms with Crippen molar-refractivity contribution in [3.8, 4) is 11.4 Å². The van der Waals surface area contributed by atoms with E-state index in [1.165, 1.54) is 24.1 Å². The highest BCUT2D eigenvalue weighted by Crippen LogP contribution is 2.23. The summed E-state index contributed by atoms with van der Waals surface area (Å²) in [6.45, 7) is 2.31. The predicted octanol–water partition coefficient (Wildman–Crippen LogP) is 2.04. The highest BCUT2D eigenvalue weighted by atomic mass is 16.2. The van der Waals surface area contributed by atoms with Gasteiger partial charge in [-0.05, 0) is 24.0 Å². The number of benzene rings is 1. The largest absolute Gasteiger partial charge is 0.351 e. The van der Waals surface area contributed by atoms with Gasteiger partial charge in [-0.2, -0.15) is 4.80 Å². The quantitative estimate of drug-likeness (QED) is 0.937. The molecule has 1 aliphatic rings. The Morgan fingerprint density at radius 2 is 2.05 bits per heavy atom. The smallest absolute Gasteiger partial charge is 0.243 e. The van der Waals surface area contributed by atoms with Gasteiger partial charge < -0.3 is 5.32 Å². The maximum absolute atomic E-state index is 12.1. The van der Waals surface area contributed by atoms with Crippen LogP contribution >= 0.6 is 0 Å². The molecule has 22 heavy (non-hydrogen) atoms. The average molecular weight is 299 g/mol. The van der Waals surface area contributed by atoms with Gasteiger partial charge in [0.15, 0.2) is 0 Å². The number of carbonyl (C=O) groups is 1. The van der Waals surface area contributed by atoms with Crippen LogP contribution in [0.25, 0.3) is 11.4 Å². The van der Waals surface area contributed by atoms with Crippen LogP contribution in [0.2, 0.25) is 0 Å². The molecule has 2 atom stereocenters. The Labute approximate surface area is 129 Å². The predicted molar refractivity (Wildman–Crippen MR) is 82.8 cm³/mol. The topological polar surface area (TPSA) is 72.7 Å². The minimum absolute atomic E-state index is 0.0456. The first kappa shape index (κ1) is 14.7. The summed E-state index contributed by atoms with van der Waals surface area (Å²) in [6.07, 6.45) is 4.70. The van der Waals surface area contributed by atoms with Gasteiger partial charge in [-0.25, -0.2) is 0 Å². The van der Waals surface area contributed by atoms with Crippen molar-refractivity contribution in [1.29, 1.82) is 0 Å². The van der Waals surface area contributed by atoms with Crippen LogP contribution in [0.4, 0.5) is 0 Å². The van der Waals surface area contributed by atoms with E-state index in [1.807, 2.05) is 30.3 Å². The van der Waals surface area contributed by atoms with Gasteiger partial charge in [0.1, 0.15) is 6.54 Å². The molecule has 6 heteroatoms. The molecule has 1 N–H and O–H groups in total. The Bertz CT molecular complexity index is 624. The van der Waals surface area contributed by atoms with E-state index in [4.69, 9.17) is 0 Å². The molecule has 1 aromatic heterocycles. The average Bonchev–Trinajstić information content (AvgIpc) is 2.99. The van der Waals surface area contributed by atoms with E-state index in [-0.39, 0.29) is 18.5 Å². The highest BCUT2D eigenvalue weighted by Gasteiger charge is 2.23. The summed E-state index contributed by atoms with van der Waals surface area (Å²) in [5.74, 6) is 1.04. The number of carbonyl (C=O) groups excluding carboxylic acids is 1. The third-order valence-corrected chi connectivity index (χ3v) is 4.23. The zero-order valence-electron chi connectivity index (χ0n) is 12.8. The molecule has 2 unspecified atom stereocenters. The Balaban J connectivity index is 1.59. The Morgan fingerprint density at radius 3 is 2.82 bits per heavy atom. The van der Waals surface area contributed by atoms with Crippen molar-refractivity contribution in [1.82, 2.24) is 25.5 Å². The van der Waals surface area contributed by atoms with E-state index in [9.17, 15) is 4.79 Å². The zero-order chi connectivity index (χ0) is 15.4. The zero-order valence-corrected chi connectivity index (χ0v) is 12.8. The lowest BCUT2D eigenvalue weighted by molar-refractivity contribution is -0.123. The van der Waals surface area contributed by atoms with Gasteiger partial charge in [-0.15, -0.1) is 10.2 Å². The summed E-state index contributed by atoms with van der Waals surface area (Å²) < 4.78 is 0. The highest BCUT2D eigenvalue weighted by molar-refractivity contribution is 5.75. The molecule has 0 aliphatic heterocycles. The number of hydrogen-bond acceptors (Lipinski definition) is 4. The minimum atomic E-state index is -0.0456. The second-order valence-corrected chi connectivity index (χ2v) is 5.95. The van der Waals surface area contributed by atoms with Crippen molar-refractivity contribution in [3.05, 3.63) is 30.3 Å². The van der Waals surface area contributed by atoms with Crippen molar-refractivity contribution >= 4 is 5.91 Å². The standard InChI is InChI=1S/C16H21N5O/c1-12-7-5-6-10-14(12)17-15(22)11-21-19-16(18-20-21)13-8-3-2-4-9-13/h2-4,8-9,12,14H,5-7,10-11H2,1H3,(H,17,22). The first-order valence-corrected chi connectivity index (χ1v) is 7.85. The second kappa shape index (κ2) is 6.68. The van der Waals surface area contributed by atoms with E-state index in [1.54, 1.807) is 0 Å². The fraction of sp³-hybridized carbons (Fsp3) is 0.500. The van der Waals surface area contributed by atoms with Crippen LogP contribution in [0.3, 0.4) is 0 Å². The third-order valence-electron chi connectivity index (χ3n) is 4.23. The van der Waals surface area contributed by atoms with Crippen LogP contribution in [0.15, 0.2) is 30.3 Å². The molecule has 1 heterocycles. The monoisotopic (exact) mass is 299 g/mol. The summed E-state index contributed by atoms with van der Waals surface area (Å²) in [5, 5.41) is 15.3. The van der Waals surface area contributed by atoms with Crippen LogP contribution in [0, 0.1) is 5.92 Å². The van der Waals surface area contributed by atoms with Gasteiger partial charge in [-0.1, -0.05) is 50.1 Å². The van der Waals surface area contributed by atoms with Crippen LogP contribution in [-0.4, -0.2) is 32.2 Å². The van der Waals surface area contributed by atoms with Gasteiger partial charge in [0.2, 0.25) is 11.7 Å². The van der Waals surface area contributed by atoms with Crippen LogP contribution in [0.1, 0.15) is 32.6 Å². The molecule has 1 saturated carbocycles. The molecule has 0 saturated heterocycles. The number of amides is 1. The molecule has 1 amide bonds. The molecule has 6 nitrogen and oxygen atoms in total. The Kier molecular flexibility index (Phi) is 4.46. The third kappa shape index (κ3) is 3.50. The summed E-state index contributed by atoms with van der Waals surface area (Å²) in [6, 6.07) is 9.90. The van der Waals surface area contributed by atoms with Crippen LogP contribution < -0.4 is 5.32 Å². The number of rotatable bonds is 4. The number of nitrogens with zero attached hydrogens (tertiary/aromatic N) is 4. The van der Waals surface area contributed by atoms with Crippen molar-refractivity contribution in [2.75, 3.05) is 0 Å². The molecule has 116 valence electrons. The van der Waals surface area contributed by atoms with Gasteiger partial charge in [0.05, 0.1) is 0 Å². The van der Waals surface area contributed by atoms with E-state index >= 15 is 0 Å². The molecule has 0 bridgehead atoms. The van der Waals surface area contributed by atoms with E-state index < -0.39 is 0 Å². The van der Waals surface area contributed by atoms with Gasteiger partial charge in [-0.3, -0.25) is 4.79 Å². The van der Waals surface area contributed by atoms with Crippen molar-refractivity contribution in [3.63, 3.8) is 0 Å². The Morgan fingerprint density at radius 1 is 1.27 bits per heavy atom. The maximum Gasteiger partial charge on any atom is 0.243 e. The summed E-state index contributed by atoms with van der Waals surface area (Å²) in [4.78, 5) is 13.5. The van der Waals surface area contributed by atoms with Gasteiger partial charge in [0, 0.05) is 11.6 Å². The molecule has 0 radical (unpaired) electrons. The van der Waals surface area contributed by atoms with Gasteiger partial charge in [0.25, 0.3) is 0 Å². The minimum Gasteiger partial charge on any atom is -0.351 e. The van der Waals surface area contributed by atoms with Crippen LogP contribution in [-0.2, 0) is 11.3 Å². The molecule has 1 aliphatic carbocycles. The van der Waals surface area contributed by atoms with Crippen molar-refractivity contribution in [2.24, 2.45) is 5.92 Å². The lowest BCUT2D eigenvalue weighted by atomic mass is 9.86. The van der Waals surface area contributed by atoms with Gasteiger partial charge >= 0.3 is 0 Å². The van der Waals surface area contributed by atoms with E-state index in [0.29, 0.717) is 11.7 Å². The van der Waals surface area contributed by atoms with Crippen LogP contribution in [0.5, 0.6) is 0 Å².